The highest BCUT2D eigenvalue weighted by atomic mass is 32.2. The van der Waals surface area contributed by atoms with Crippen LogP contribution >= 0.6 is 12.3 Å². The number of rotatable bonds is 8. The zero-order valence-corrected chi connectivity index (χ0v) is 34.7. The molecule has 20 atom stereocenters. The second-order valence-corrected chi connectivity index (χ2v) is 20.7. The summed E-state index contributed by atoms with van der Waals surface area (Å²) in [4.78, 5) is 0. The molecule has 320 valence electrons. The third-order valence-corrected chi connectivity index (χ3v) is 17.2. The highest BCUT2D eigenvalue weighted by Crippen LogP contribution is 2.80. The third-order valence-electron chi connectivity index (χ3n) is 17.0. The molecule has 0 aromatic heterocycles. The Kier molecular flexibility index (Phi) is 11.0. The predicted octanol–water partition coefficient (Wildman–Crippen LogP) is 3.15. The Labute approximate surface area is 334 Å². The summed E-state index contributed by atoms with van der Waals surface area (Å²) in [6, 6.07) is 0. The Hall–Kier alpha value is -0.470. The lowest BCUT2D eigenvalue weighted by molar-refractivity contribution is -0.357. The summed E-state index contributed by atoms with van der Waals surface area (Å²) in [5.41, 5.74) is -0.127. The zero-order chi connectivity index (χ0) is 40.4. The van der Waals surface area contributed by atoms with Crippen molar-refractivity contribution in [2.45, 2.75) is 166 Å². The van der Waals surface area contributed by atoms with Crippen molar-refractivity contribution in [1.29, 1.82) is 0 Å². The molecule has 2 spiro atoms. The van der Waals surface area contributed by atoms with Gasteiger partial charge in [0.25, 0.3) is 0 Å². The van der Waals surface area contributed by atoms with E-state index in [1.807, 2.05) is 6.92 Å². The summed E-state index contributed by atoms with van der Waals surface area (Å²) in [5, 5.41) is 66.3. The molecule has 8 rings (SSSR count). The summed E-state index contributed by atoms with van der Waals surface area (Å²) in [7, 11) is 0. The van der Waals surface area contributed by atoms with Crippen LogP contribution in [0, 0.1) is 51.2 Å². The van der Waals surface area contributed by atoms with Crippen LogP contribution in [0.15, 0.2) is 11.6 Å². The first-order valence-corrected chi connectivity index (χ1v) is 21.5. The minimum absolute atomic E-state index is 0.00194. The number of ether oxygens (including phenoxy) is 6. The first kappa shape index (κ1) is 42.2. The van der Waals surface area contributed by atoms with Crippen molar-refractivity contribution in [3.63, 3.8) is 0 Å². The van der Waals surface area contributed by atoms with Gasteiger partial charge in [-0.1, -0.05) is 39.3 Å². The fourth-order valence-electron chi connectivity index (χ4n) is 14.4. The maximum Gasteiger partial charge on any atom is 0.187 e. The molecule has 14 nitrogen and oxygen atoms in total. The fraction of sp³-hybridized carbons (Fsp3) is 0.951. The van der Waals surface area contributed by atoms with Gasteiger partial charge >= 0.3 is 0 Å². The van der Waals surface area contributed by atoms with Crippen molar-refractivity contribution in [3.8, 4) is 0 Å². The lowest BCUT2D eigenvalue weighted by Gasteiger charge is -2.70. The molecule has 8 fully saturated rings. The molecule has 4 heterocycles. The van der Waals surface area contributed by atoms with E-state index < -0.39 is 66.7 Å². The molecule has 8 unspecified atom stereocenters. The molecule has 0 aromatic carbocycles. The van der Waals surface area contributed by atoms with Crippen LogP contribution in [0.25, 0.3) is 0 Å². The summed E-state index contributed by atoms with van der Waals surface area (Å²) in [5.74, 6) is 0.168. The number of aliphatic hydroxyl groups excluding tert-OH is 5. The average Bonchev–Trinajstić information content (AvgIpc) is 3.67. The van der Waals surface area contributed by atoms with Gasteiger partial charge in [0.05, 0.1) is 38.1 Å². The monoisotopic (exact) mass is 814 g/mol. The van der Waals surface area contributed by atoms with E-state index in [1.54, 1.807) is 0 Å². The van der Waals surface area contributed by atoms with E-state index in [4.69, 9.17) is 37.2 Å². The van der Waals surface area contributed by atoms with Crippen molar-refractivity contribution >= 4 is 12.3 Å². The molecule has 15 heteroatoms. The summed E-state index contributed by atoms with van der Waals surface area (Å²) >= 11 is 0.0675. The van der Waals surface area contributed by atoms with Gasteiger partial charge in [0, 0.05) is 23.7 Å². The normalized spacial score (nSPS) is 56.1. The highest BCUT2D eigenvalue weighted by molar-refractivity contribution is 7.88. The van der Waals surface area contributed by atoms with Gasteiger partial charge in [0.1, 0.15) is 42.7 Å². The standard InChI is InChI=1S/C41H66O14S/c1-20(2)14-21-15-50-41-18-40(19-51-41)22(33(41)39(21,7)47)8-9-26-37(5)12-11-27(36(3,4)25(37)10-13-38(26,40)6)54-34-31(46)32(23(42)16-49-34)55-35-30(45)29(44)28(43)24(53-35)17-52-56-48/h14,21-35,42-48H,8-13,15-19H2,1-7H3/t21-,22?,23-,24?,25?,26?,27-,28+,29+,30?,31?,32+,33?,34-,35-,37-,38+,39?,40-,41+/m0/s1. The third kappa shape index (κ3) is 6.11. The molecular weight excluding hydrogens is 749 g/mol. The largest absolute Gasteiger partial charge is 0.389 e. The molecule has 2 bridgehead atoms. The van der Waals surface area contributed by atoms with Crippen molar-refractivity contribution in [1.82, 2.24) is 0 Å². The van der Waals surface area contributed by atoms with E-state index in [-0.39, 0.29) is 65.1 Å². The van der Waals surface area contributed by atoms with Gasteiger partial charge in [-0.3, -0.25) is 4.18 Å². The first-order chi connectivity index (χ1) is 26.3. The first-order valence-electron chi connectivity index (χ1n) is 20.8. The van der Waals surface area contributed by atoms with Crippen LogP contribution < -0.4 is 0 Å². The van der Waals surface area contributed by atoms with Gasteiger partial charge in [-0.05, 0) is 93.3 Å². The lowest BCUT2D eigenvalue weighted by atomic mass is 9.35. The Morgan fingerprint density at radius 1 is 0.821 bits per heavy atom. The van der Waals surface area contributed by atoms with Crippen LogP contribution in [0.5, 0.6) is 0 Å². The van der Waals surface area contributed by atoms with Crippen molar-refractivity contribution in [3.05, 3.63) is 11.6 Å². The molecular formula is C41H66O14S. The van der Waals surface area contributed by atoms with Crippen LogP contribution in [0.1, 0.15) is 93.4 Å². The number of allylic oxidation sites excluding steroid dienone is 1. The molecule has 8 aliphatic rings. The van der Waals surface area contributed by atoms with Crippen molar-refractivity contribution < 1.29 is 67.8 Å². The van der Waals surface area contributed by atoms with Gasteiger partial charge in [0.2, 0.25) is 0 Å². The van der Waals surface area contributed by atoms with Crippen LogP contribution in [-0.4, -0.2) is 134 Å². The minimum Gasteiger partial charge on any atom is -0.389 e. The van der Waals surface area contributed by atoms with Gasteiger partial charge in [-0.2, -0.15) is 0 Å². The number of hydrogen-bond acceptors (Lipinski definition) is 15. The molecule has 4 aliphatic carbocycles. The molecule has 0 amide bonds. The quantitative estimate of drug-likeness (QED) is 0.107. The molecule has 0 aromatic rings. The van der Waals surface area contributed by atoms with Crippen LogP contribution in [0.3, 0.4) is 0 Å². The molecule has 0 radical (unpaired) electrons. The van der Waals surface area contributed by atoms with E-state index in [9.17, 15) is 30.6 Å². The fourth-order valence-corrected chi connectivity index (χ4v) is 14.6. The maximum absolute atomic E-state index is 12.3. The topological polar surface area (TPSA) is 206 Å². The summed E-state index contributed by atoms with van der Waals surface area (Å²) < 4.78 is 51.5. The SMILES string of the molecule is CC(C)=C[C@H]1CO[C@]23C[C@]4(CO2)C(CCC2[C@@]5(C)CC[C@H](O[C@@H]6OC[C@H](O)[C@@H](O[C@@H]7OC(COSO)[C@@H](O)[C@@H](O)C7O)C6O)C(C)(C)C5CC[C@]24C)C3C1(C)O. The van der Waals surface area contributed by atoms with E-state index in [2.05, 4.69) is 47.6 Å². The van der Waals surface area contributed by atoms with E-state index in [1.165, 1.54) is 5.57 Å². The van der Waals surface area contributed by atoms with E-state index in [0.717, 1.165) is 44.9 Å². The second kappa shape index (κ2) is 14.6. The predicted molar refractivity (Wildman–Crippen MR) is 201 cm³/mol. The van der Waals surface area contributed by atoms with Gasteiger partial charge in [-0.15, -0.1) is 0 Å². The number of fused-ring (bicyclic) bond motifs is 4. The Bertz CT molecular complexity index is 1490. The highest BCUT2D eigenvalue weighted by Gasteiger charge is 2.81. The van der Waals surface area contributed by atoms with Gasteiger partial charge < -0.3 is 63.6 Å². The van der Waals surface area contributed by atoms with E-state index >= 15 is 0 Å². The van der Waals surface area contributed by atoms with Gasteiger partial charge in [0.15, 0.2) is 30.7 Å². The molecule has 4 saturated heterocycles. The molecule has 7 N–H and O–H groups in total. The van der Waals surface area contributed by atoms with Crippen LogP contribution in [0.4, 0.5) is 0 Å². The Morgan fingerprint density at radius 3 is 2.29 bits per heavy atom. The molecule has 4 saturated carbocycles. The van der Waals surface area contributed by atoms with Crippen LogP contribution in [-0.2, 0) is 32.6 Å². The number of aliphatic hydroxyl groups is 6. The second-order valence-electron chi connectivity index (χ2n) is 20.3. The summed E-state index contributed by atoms with van der Waals surface area (Å²) in [6.45, 7) is 16.3. The average molecular weight is 815 g/mol. The van der Waals surface area contributed by atoms with Crippen molar-refractivity contribution in [2.24, 2.45) is 51.2 Å². The Morgan fingerprint density at radius 2 is 1.57 bits per heavy atom. The maximum atomic E-state index is 12.3. The van der Waals surface area contributed by atoms with Crippen molar-refractivity contribution in [2.75, 3.05) is 26.4 Å². The smallest absolute Gasteiger partial charge is 0.187 e. The molecule has 56 heavy (non-hydrogen) atoms. The van der Waals surface area contributed by atoms with Crippen LogP contribution in [0.2, 0.25) is 0 Å². The number of hydrogen-bond donors (Lipinski definition) is 7. The van der Waals surface area contributed by atoms with E-state index in [0.29, 0.717) is 31.0 Å². The molecule has 4 aliphatic heterocycles. The van der Waals surface area contributed by atoms with Gasteiger partial charge in [-0.25, -0.2) is 0 Å². The Balaban J connectivity index is 0.980. The lowest BCUT2D eigenvalue weighted by Crippen LogP contribution is -2.68. The minimum atomic E-state index is -1.69. The summed E-state index contributed by atoms with van der Waals surface area (Å²) in [6.07, 6.45) is -4.21. The zero-order valence-electron chi connectivity index (χ0n) is 33.9.